The Balaban J connectivity index is 1.62. The standard InChI is InChI=1S/C25H34N4O2/c1-16-6-5-7-17(2)23(16)20-14-21(26)25(27-24(20)19-8-9-19)28-11-12-29(18(3)15-28)22(30)10-13-31-4/h5-7,14,18-19H,8-13,15,26H2,1-4H3/t18-/m1/s1. The summed E-state index contributed by atoms with van der Waals surface area (Å²) in [7, 11) is 1.63. The fourth-order valence-corrected chi connectivity index (χ4v) is 4.75. The van der Waals surface area contributed by atoms with Crippen molar-refractivity contribution in [1.82, 2.24) is 9.88 Å². The maximum absolute atomic E-state index is 12.5. The highest BCUT2D eigenvalue weighted by Gasteiger charge is 2.33. The summed E-state index contributed by atoms with van der Waals surface area (Å²) in [5.74, 6) is 1.54. The minimum Gasteiger partial charge on any atom is -0.396 e. The van der Waals surface area contributed by atoms with Crippen LogP contribution in [0.3, 0.4) is 0 Å². The van der Waals surface area contributed by atoms with Gasteiger partial charge in [0.25, 0.3) is 0 Å². The average molecular weight is 423 g/mol. The van der Waals surface area contributed by atoms with Crippen molar-refractivity contribution < 1.29 is 9.53 Å². The molecule has 1 aromatic carbocycles. The molecule has 1 saturated heterocycles. The van der Waals surface area contributed by atoms with Crippen LogP contribution < -0.4 is 10.6 Å². The Morgan fingerprint density at radius 1 is 1.23 bits per heavy atom. The van der Waals surface area contributed by atoms with Crippen molar-refractivity contribution >= 4 is 17.4 Å². The monoisotopic (exact) mass is 422 g/mol. The fourth-order valence-electron chi connectivity index (χ4n) is 4.75. The number of carbonyl (C=O) groups is 1. The van der Waals surface area contributed by atoms with E-state index in [1.807, 2.05) is 4.90 Å². The van der Waals surface area contributed by atoms with Gasteiger partial charge in [0.15, 0.2) is 5.82 Å². The Morgan fingerprint density at radius 3 is 2.55 bits per heavy atom. The molecule has 1 amide bonds. The maximum atomic E-state index is 12.5. The Labute approximate surface area is 185 Å². The van der Waals surface area contributed by atoms with Gasteiger partial charge in [-0.15, -0.1) is 0 Å². The first-order valence-corrected chi connectivity index (χ1v) is 11.3. The third-order valence-electron chi connectivity index (χ3n) is 6.54. The summed E-state index contributed by atoms with van der Waals surface area (Å²) in [6, 6.07) is 8.66. The van der Waals surface area contributed by atoms with E-state index in [1.165, 1.54) is 40.8 Å². The normalized spacial score (nSPS) is 19.0. The van der Waals surface area contributed by atoms with E-state index in [0.717, 1.165) is 18.9 Å². The van der Waals surface area contributed by atoms with Crippen LogP contribution in [0.4, 0.5) is 11.5 Å². The number of aryl methyl sites for hydroxylation is 2. The number of nitrogens with two attached hydrogens (primary N) is 1. The summed E-state index contributed by atoms with van der Waals surface area (Å²) < 4.78 is 5.07. The summed E-state index contributed by atoms with van der Waals surface area (Å²) in [5, 5.41) is 0. The van der Waals surface area contributed by atoms with E-state index in [1.54, 1.807) is 7.11 Å². The van der Waals surface area contributed by atoms with Crippen LogP contribution in [0.25, 0.3) is 11.1 Å². The van der Waals surface area contributed by atoms with Gasteiger partial charge in [0.1, 0.15) is 0 Å². The van der Waals surface area contributed by atoms with Gasteiger partial charge in [0, 0.05) is 44.3 Å². The topological polar surface area (TPSA) is 71.7 Å². The van der Waals surface area contributed by atoms with Gasteiger partial charge >= 0.3 is 0 Å². The highest BCUT2D eigenvalue weighted by molar-refractivity contribution is 5.80. The maximum Gasteiger partial charge on any atom is 0.225 e. The first-order valence-electron chi connectivity index (χ1n) is 11.3. The Hall–Kier alpha value is -2.60. The molecule has 1 saturated carbocycles. The highest BCUT2D eigenvalue weighted by Crippen LogP contribution is 2.46. The zero-order valence-electron chi connectivity index (χ0n) is 19.1. The summed E-state index contributed by atoms with van der Waals surface area (Å²) in [6.45, 7) is 9.04. The number of carbonyl (C=O) groups excluding carboxylic acids is 1. The molecule has 6 nitrogen and oxygen atoms in total. The number of aromatic nitrogens is 1. The van der Waals surface area contributed by atoms with Gasteiger partial charge in [0.05, 0.1) is 24.4 Å². The molecule has 1 aromatic heterocycles. The minimum atomic E-state index is 0.113. The number of ether oxygens (including phenoxy) is 1. The number of hydrogen-bond acceptors (Lipinski definition) is 5. The lowest BCUT2D eigenvalue weighted by atomic mass is 9.93. The molecule has 2 aliphatic rings. The van der Waals surface area contributed by atoms with Gasteiger partial charge in [-0.3, -0.25) is 4.79 Å². The molecule has 31 heavy (non-hydrogen) atoms. The van der Waals surface area contributed by atoms with Crippen LogP contribution in [-0.2, 0) is 9.53 Å². The first kappa shape index (κ1) is 21.6. The Bertz CT molecular complexity index is 950. The van der Waals surface area contributed by atoms with Crippen molar-refractivity contribution in [2.45, 2.75) is 52.0 Å². The van der Waals surface area contributed by atoms with E-state index in [9.17, 15) is 4.79 Å². The van der Waals surface area contributed by atoms with Gasteiger partial charge < -0.3 is 20.3 Å². The third-order valence-corrected chi connectivity index (χ3v) is 6.54. The Morgan fingerprint density at radius 2 is 1.94 bits per heavy atom. The molecule has 1 aliphatic heterocycles. The number of piperazine rings is 1. The van der Waals surface area contributed by atoms with Gasteiger partial charge in [0.2, 0.25) is 5.91 Å². The average Bonchev–Trinajstić information content (AvgIpc) is 3.57. The predicted molar refractivity (Wildman–Crippen MR) is 125 cm³/mol. The number of rotatable bonds is 6. The summed E-state index contributed by atoms with van der Waals surface area (Å²) >= 11 is 0. The summed E-state index contributed by atoms with van der Waals surface area (Å²) in [4.78, 5) is 21.8. The predicted octanol–water partition coefficient (Wildman–Crippen LogP) is 3.90. The van der Waals surface area contributed by atoms with Crippen molar-refractivity contribution in [2.75, 3.05) is 44.0 Å². The second kappa shape index (κ2) is 8.87. The SMILES string of the molecule is COCCC(=O)N1CCN(c2nc(C3CC3)c(-c3c(C)cccc3C)cc2N)C[C@H]1C. The number of anilines is 2. The summed E-state index contributed by atoms with van der Waals surface area (Å²) in [5.41, 5.74) is 13.4. The highest BCUT2D eigenvalue weighted by atomic mass is 16.5. The van der Waals surface area contributed by atoms with Crippen LogP contribution in [0.1, 0.15) is 48.9 Å². The molecule has 166 valence electrons. The van der Waals surface area contributed by atoms with Gasteiger partial charge in [-0.2, -0.15) is 0 Å². The number of nitrogen functional groups attached to an aromatic ring is 1. The second-order valence-electron chi connectivity index (χ2n) is 9.00. The molecular weight excluding hydrogens is 388 g/mol. The van der Waals surface area contributed by atoms with Crippen LogP contribution in [0.2, 0.25) is 0 Å². The van der Waals surface area contributed by atoms with E-state index >= 15 is 0 Å². The number of hydrogen-bond donors (Lipinski definition) is 1. The van der Waals surface area contributed by atoms with Crippen molar-refractivity contribution in [2.24, 2.45) is 0 Å². The molecule has 1 aliphatic carbocycles. The number of nitrogens with zero attached hydrogens (tertiary/aromatic N) is 3. The van der Waals surface area contributed by atoms with Crippen LogP contribution in [-0.4, -0.2) is 55.2 Å². The Kier molecular flexibility index (Phi) is 6.19. The third kappa shape index (κ3) is 4.40. The largest absolute Gasteiger partial charge is 0.396 e. The zero-order chi connectivity index (χ0) is 22.1. The van der Waals surface area contributed by atoms with E-state index in [-0.39, 0.29) is 11.9 Å². The van der Waals surface area contributed by atoms with E-state index < -0.39 is 0 Å². The molecule has 0 unspecified atom stereocenters. The molecule has 6 heteroatoms. The molecule has 0 bridgehead atoms. The van der Waals surface area contributed by atoms with Gasteiger partial charge in [-0.1, -0.05) is 18.2 Å². The molecule has 2 N–H and O–H groups in total. The molecule has 0 spiro atoms. The fraction of sp³-hybridized carbons (Fsp3) is 0.520. The molecule has 2 aromatic rings. The van der Waals surface area contributed by atoms with Crippen molar-refractivity contribution in [3.05, 3.63) is 41.1 Å². The first-order chi connectivity index (χ1) is 14.9. The van der Waals surface area contributed by atoms with Crippen LogP contribution in [0, 0.1) is 13.8 Å². The van der Waals surface area contributed by atoms with Crippen LogP contribution in [0.15, 0.2) is 24.3 Å². The molecule has 0 radical (unpaired) electrons. The number of benzene rings is 1. The molecule has 2 heterocycles. The number of pyridine rings is 1. The lowest BCUT2D eigenvalue weighted by Crippen LogP contribution is -2.54. The quantitative estimate of drug-likeness (QED) is 0.764. The van der Waals surface area contributed by atoms with Crippen molar-refractivity contribution in [1.29, 1.82) is 0 Å². The van der Waals surface area contributed by atoms with E-state index in [2.05, 4.69) is 49.9 Å². The second-order valence-corrected chi connectivity index (χ2v) is 9.00. The van der Waals surface area contributed by atoms with Gasteiger partial charge in [-0.05, 0) is 56.4 Å². The van der Waals surface area contributed by atoms with Crippen molar-refractivity contribution in [3.63, 3.8) is 0 Å². The van der Waals surface area contributed by atoms with Crippen LogP contribution >= 0.6 is 0 Å². The minimum absolute atomic E-state index is 0.113. The number of methoxy groups -OCH3 is 1. The molecule has 1 atom stereocenters. The smallest absolute Gasteiger partial charge is 0.225 e. The zero-order valence-corrected chi connectivity index (χ0v) is 19.1. The lowest BCUT2D eigenvalue weighted by molar-refractivity contribution is -0.134. The molecule has 4 rings (SSSR count). The van der Waals surface area contributed by atoms with E-state index in [4.69, 9.17) is 15.5 Å². The van der Waals surface area contributed by atoms with Crippen molar-refractivity contribution in [3.8, 4) is 11.1 Å². The van der Waals surface area contributed by atoms with Gasteiger partial charge in [-0.25, -0.2) is 4.98 Å². The van der Waals surface area contributed by atoms with E-state index in [0.29, 0.717) is 31.2 Å². The number of amides is 1. The lowest BCUT2D eigenvalue weighted by Gasteiger charge is -2.41. The molecule has 2 fully saturated rings. The molecular formula is C25H34N4O2. The summed E-state index contributed by atoms with van der Waals surface area (Å²) in [6.07, 6.45) is 2.80. The van der Waals surface area contributed by atoms with Crippen LogP contribution in [0.5, 0.6) is 0 Å².